The SMILES string of the molecule is CNC1CCOCC1c1nc(-c2ccncn2)no1. The van der Waals surface area contributed by atoms with Crippen molar-refractivity contribution in [1.82, 2.24) is 25.4 Å². The van der Waals surface area contributed by atoms with Crippen LogP contribution >= 0.6 is 0 Å². The van der Waals surface area contributed by atoms with Gasteiger partial charge in [0.25, 0.3) is 0 Å². The highest BCUT2D eigenvalue weighted by atomic mass is 16.5. The molecule has 0 spiro atoms. The molecule has 0 saturated carbocycles. The zero-order chi connectivity index (χ0) is 13.1. The highest BCUT2D eigenvalue weighted by Gasteiger charge is 2.30. The van der Waals surface area contributed by atoms with E-state index in [4.69, 9.17) is 9.26 Å². The van der Waals surface area contributed by atoms with Gasteiger partial charge in [-0.25, -0.2) is 9.97 Å². The Balaban J connectivity index is 1.84. The van der Waals surface area contributed by atoms with Crippen LogP contribution in [0.25, 0.3) is 11.5 Å². The molecule has 0 bridgehead atoms. The lowest BCUT2D eigenvalue weighted by atomic mass is 9.96. The molecule has 2 unspecified atom stereocenters. The molecule has 1 fully saturated rings. The molecule has 2 aromatic rings. The average Bonchev–Trinajstić information content (AvgIpc) is 2.98. The quantitative estimate of drug-likeness (QED) is 0.866. The molecule has 0 aromatic carbocycles. The topological polar surface area (TPSA) is 86.0 Å². The molecule has 3 heterocycles. The molecule has 1 aliphatic rings. The second-order valence-electron chi connectivity index (χ2n) is 4.42. The van der Waals surface area contributed by atoms with Gasteiger partial charge in [0.1, 0.15) is 12.0 Å². The second-order valence-corrected chi connectivity index (χ2v) is 4.42. The summed E-state index contributed by atoms with van der Waals surface area (Å²) in [5, 5.41) is 7.24. The number of hydrogen-bond acceptors (Lipinski definition) is 7. The lowest BCUT2D eigenvalue weighted by Gasteiger charge is -2.28. The summed E-state index contributed by atoms with van der Waals surface area (Å²) < 4.78 is 10.8. The third kappa shape index (κ3) is 2.47. The van der Waals surface area contributed by atoms with Gasteiger partial charge in [0, 0.05) is 18.8 Å². The van der Waals surface area contributed by atoms with Gasteiger partial charge in [-0.15, -0.1) is 0 Å². The Morgan fingerprint density at radius 3 is 3.16 bits per heavy atom. The summed E-state index contributed by atoms with van der Waals surface area (Å²) in [5.74, 6) is 1.16. The van der Waals surface area contributed by atoms with Gasteiger partial charge in [-0.2, -0.15) is 4.98 Å². The zero-order valence-corrected chi connectivity index (χ0v) is 10.6. The summed E-state index contributed by atoms with van der Waals surface area (Å²) in [4.78, 5) is 12.4. The standard InChI is InChI=1S/C12H15N5O2/c1-13-9-3-5-18-6-8(9)12-16-11(17-19-12)10-2-4-14-7-15-10/h2,4,7-9,13H,3,5-6H2,1H3. The highest BCUT2D eigenvalue weighted by Crippen LogP contribution is 2.26. The smallest absolute Gasteiger partial charge is 0.234 e. The third-order valence-electron chi connectivity index (χ3n) is 3.30. The van der Waals surface area contributed by atoms with Gasteiger partial charge in [0.2, 0.25) is 11.7 Å². The molecule has 7 heteroatoms. The van der Waals surface area contributed by atoms with Crippen LogP contribution in [0.3, 0.4) is 0 Å². The Kier molecular flexibility index (Phi) is 3.47. The summed E-state index contributed by atoms with van der Waals surface area (Å²) in [6.07, 6.45) is 4.05. The van der Waals surface area contributed by atoms with Gasteiger partial charge in [0.15, 0.2) is 0 Å². The van der Waals surface area contributed by atoms with Crippen LogP contribution in [0.5, 0.6) is 0 Å². The molecule has 100 valence electrons. The van der Waals surface area contributed by atoms with E-state index in [1.165, 1.54) is 6.33 Å². The fourth-order valence-electron chi connectivity index (χ4n) is 2.24. The number of rotatable bonds is 3. The van der Waals surface area contributed by atoms with Crippen molar-refractivity contribution in [3.05, 3.63) is 24.5 Å². The van der Waals surface area contributed by atoms with Crippen molar-refractivity contribution in [2.24, 2.45) is 0 Å². The van der Waals surface area contributed by atoms with Crippen LogP contribution in [0.1, 0.15) is 18.2 Å². The molecular formula is C12H15N5O2. The van der Waals surface area contributed by atoms with E-state index in [0.717, 1.165) is 13.0 Å². The molecule has 19 heavy (non-hydrogen) atoms. The Morgan fingerprint density at radius 1 is 1.42 bits per heavy atom. The molecule has 7 nitrogen and oxygen atoms in total. The number of hydrogen-bond donors (Lipinski definition) is 1. The van der Waals surface area contributed by atoms with Gasteiger partial charge in [-0.3, -0.25) is 0 Å². The zero-order valence-electron chi connectivity index (χ0n) is 10.6. The minimum atomic E-state index is 0.0850. The highest BCUT2D eigenvalue weighted by molar-refractivity contribution is 5.46. The summed E-state index contributed by atoms with van der Waals surface area (Å²) in [7, 11) is 1.94. The van der Waals surface area contributed by atoms with Crippen molar-refractivity contribution in [1.29, 1.82) is 0 Å². The van der Waals surface area contributed by atoms with E-state index in [0.29, 0.717) is 30.1 Å². The maximum Gasteiger partial charge on any atom is 0.234 e. The first-order valence-electron chi connectivity index (χ1n) is 6.23. The van der Waals surface area contributed by atoms with Crippen molar-refractivity contribution in [2.45, 2.75) is 18.4 Å². The van der Waals surface area contributed by atoms with E-state index in [9.17, 15) is 0 Å². The van der Waals surface area contributed by atoms with E-state index in [1.807, 2.05) is 7.05 Å². The normalized spacial score (nSPS) is 23.4. The molecule has 2 atom stereocenters. The van der Waals surface area contributed by atoms with Crippen LogP contribution in [0.15, 0.2) is 23.1 Å². The summed E-state index contributed by atoms with van der Waals surface area (Å²) in [6.45, 7) is 1.35. The van der Waals surface area contributed by atoms with Gasteiger partial charge in [0.05, 0.1) is 12.5 Å². The van der Waals surface area contributed by atoms with Gasteiger partial charge in [-0.05, 0) is 19.5 Å². The molecule has 0 radical (unpaired) electrons. The molecule has 2 aromatic heterocycles. The van der Waals surface area contributed by atoms with E-state index in [1.54, 1.807) is 12.3 Å². The number of nitrogens with one attached hydrogen (secondary N) is 1. The lowest BCUT2D eigenvalue weighted by Crippen LogP contribution is -2.39. The van der Waals surface area contributed by atoms with Gasteiger partial charge < -0.3 is 14.6 Å². The summed E-state index contributed by atoms with van der Waals surface area (Å²) in [5.41, 5.74) is 0.655. The fourth-order valence-corrected chi connectivity index (χ4v) is 2.24. The number of ether oxygens (including phenoxy) is 1. The van der Waals surface area contributed by atoms with Crippen molar-refractivity contribution >= 4 is 0 Å². The molecule has 0 amide bonds. The first kappa shape index (κ1) is 12.2. The predicted octanol–water partition coefficient (Wildman–Crippen LogP) is 0.619. The van der Waals surface area contributed by atoms with Crippen molar-refractivity contribution in [3.8, 4) is 11.5 Å². The van der Waals surface area contributed by atoms with Crippen LogP contribution in [-0.2, 0) is 4.74 Å². The van der Waals surface area contributed by atoms with Crippen LogP contribution < -0.4 is 5.32 Å². The molecule has 0 aliphatic carbocycles. The average molecular weight is 261 g/mol. The number of likely N-dealkylation sites (N-methyl/N-ethyl adjacent to an activating group) is 1. The van der Waals surface area contributed by atoms with Crippen LogP contribution in [0.4, 0.5) is 0 Å². The molecule has 1 saturated heterocycles. The fraction of sp³-hybridized carbons (Fsp3) is 0.500. The Labute approximate surface area is 110 Å². The monoisotopic (exact) mass is 261 g/mol. The van der Waals surface area contributed by atoms with Crippen LogP contribution in [-0.4, -0.2) is 46.4 Å². The molecule has 1 aliphatic heterocycles. The minimum absolute atomic E-state index is 0.0850. The Hall–Kier alpha value is -1.86. The van der Waals surface area contributed by atoms with Crippen molar-refractivity contribution < 1.29 is 9.26 Å². The van der Waals surface area contributed by atoms with E-state index in [2.05, 4.69) is 25.4 Å². The number of aromatic nitrogens is 4. The Bertz CT molecular complexity index is 530. The van der Waals surface area contributed by atoms with Crippen molar-refractivity contribution in [2.75, 3.05) is 20.3 Å². The first-order chi connectivity index (χ1) is 9.38. The molecular weight excluding hydrogens is 246 g/mol. The molecule has 1 N–H and O–H groups in total. The minimum Gasteiger partial charge on any atom is -0.381 e. The van der Waals surface area contributed by atoms with E-state index < -0.39 is 0 Å². The largest absolute Gasteiger partial charge is 0.381 e. The molecule has 3 rings (SSSR count). The summed E-state index contributed by atoms with van der Waals surface area (Å²) >= 11 is 0. The van der Waals surface area contributed by atoms with Gasteiger partial charge in [-0.1, -0.05) is 5.16 Å². The van der Waals surface area contributed by atoms with E-state index in [-0.39, 0.29) is 5.92 Å². The maximum absolute atomic E-state index is 5.49. The summed E-state index contributed by atoms with van der Waals surface area (Å²) in [6, 6.07) is 2.05. The lowest BCUT2D eigenvalue weighted by molar-refractivity contribution is 0.0516. The van der Waals surface area contributed by atoms with E-state index >= 15 is 0 Å². The van der Waals surface area contributed by atoms with Crippen molar-refractivity contribution in [3.63, 3.8) is 0 Å². The predicted molar refractivity (Wildman–Crippen MR) is 66.3 cm³/mol. The van der Waals surface area contributed by atoms with Gasteiger partial charge >= 0.3 is 0 Å². The second kappa shape index (κ2) is 5.41. The Morgan fingerprint density at radius 2 is 2.37 bits per heavy atom. The maximum atomic E-state index is 5.49. The van der Waals surface area contributed by atoms with Crippen LogP contribution in [0.2, 0.25) is 0 Å². The first-order valence-corrected chi connectivity index (χ1v) is 6.23. The third-order valence-corrected chi connectivity index (χ3v) is 3.30. The van der Waals surface area contributed by atoms with Crippen LogP contribution in [0, 0.1) is 0 Å². The number of nitrogens with zero attached hydrogens (tertiary/aromatic N) is 4.